The Morgan fingerprint density at radius 3 is 2.72 bits per heavy atom. The van der Waals surface area contributed by atoms with Crippen LogP contribution in [-0.4, -0.2) is 9.97 Å². The van der Waals surface area contributed by atoms with Crippen molar-refractivity contribution in [2.75, 3.05) is 11.5 Å². The number of nitrogen functional groups attached to an aromatic ring is 2. The van der Waals surface area contributed by atoms with Crippen LogP contribution in [0, 0.1) is 0 Å². The van der Waals surface area contributed by atoms with Gasteiger partial charge in [0, 0.05) is 21.8 Å². The number of nitrogens with zero attached hydrogens (tertiary/aromatic N) is 2. The number of rotatable bonds is 1. The second-order valence-corrected chi connectivity index (χ2v) is 5.77. The quantitative estimate of drug-likeness (QED) is 0.721. The van der Waals surface area contributed by atoms with Crippen LogP contribution in [-0.2, 0) is 0 Å². The van der Waals surface area contributed by atoms with Crippen molar-refractivity contribution < 1.29 is 0 Å². The van der Waals surface area contributed by atoms with E-state index in [0.29, 0.717) is 10.9 Å². The van der Waals surface area contributed by atoms with Crippen LogP contribution in [0.4, 0.5) is 10.9 Å². The summed E-state index contributed by atoms with van der Waals surface area (Å²) in [5.41, 5.74) is 14.3. The average molecular weight is 321 g/mol. The number of benzene rings is 1. The van der Waals surface area contributed by atoms with Gasteiger partial charge in [0.15, 0.2) is 5.13 Å². The maximum atomic E-state index is 5.77. The van der Waals surface area contributed by atoms with Crippen molar-refractivity contribution >= 4 is 48.4 Å². The first-order chi connectivity index (χ1) is 8.63. The van der Waals surface area contributed by atoms with Crippen LogP contribution in [0.1, 0.15) is 0 Å². The summed E-state index contributed by atoms with van der Waals surface area (Å²) >= 11 is 4.96. The summed E-state index contributed by atoms with van der Waals surface area (Å²) in [6.07, 6.45) is 1.76. The molecule has 6 heteroatoms. The summed E-state index contributed by atoms with van der Waals surface area (Å²) in [6.45, 7) is 0. The number of nitrogens with two attached hydrogens (primary N) is 2. The molecule has 0 saturated heterocycles. The maximum Gasteiger partial charge on any atom is 0.181 e. The van der Waals surface area contributed by atoms with Crippen LogP contribution in [0.3, 0.4) is 0 Å². The van der Waals surface area contributed by atoms with E-state index in [9.17, 15) is 0 Å². The van der Waals surface area contributed by atoms with E-state index in [-0.39, 0.29) is 0 Å². The van der Waals surface area contributed by atoms with Gasteiger partial charge in [-0.3, -0.25) is 0 Å². The number of aromatic nitrogens is 2. The summed E-state index contributed by atoms with van der Waals surface area (Å²) < 4.78 is 2.02. The van der Waals surface area contributed by atoms with Crippen LogP contribution in [0.15, 0.2) is 34.9 Å². The summed E-state index contributed by atoms with van der Waals surface area (Å²) in [5.74, 6) is 0.508. The van der Waals surface area contributed by atoms with Crippen molar-refractivity contribution in [2.24, 2.45) is 0 Å². The standard InChI is InChI=1S/C12H9BrN4S/c13-7-3-8(6-1-2-10(14)16-5-6)11-9(4-7)17-12(15)18-11/h1-5H,(H2,14,16)(H2,15,17). The molecule has 4 N–H and O–H groups in total. The van der Waals surface area contributed by atoms with Crippen LogP contribution < -0.4 is 11.5 Å². The van der Waals surface area contributed by atoms with Gasteiger partial charge in [-0.1, -0.05) is 27.3 Å². The lowest BCUT2D eigenvalue weighted by atomic mass is 10.1. The Labute approximate surface area is 116 Å². The molecule has 3 aromatic rings. The Morgan fingerprint density at radius 1 is 1.17 bits per heavy atom. The zero-order chi connectivity index (χ0) is 12.7. The van der Waals surface area contributed by atoms with Crippen molar-refractivity contribution in [1.29, 1.82) is 0 Å². The van der Waals surface area contributed by atoms with Gasteiger partial charge < -0.3 is 11.5 Å². The van der Waals surface area contributed by atoms with Crippen molar-refractivity contribution in [3.8, 4) is 11.1 Å². The van der Waals surface area contributed by atoms with Crippen LogP contribution in [0.2, 0.25) is 0 Å². The van der Waals surface area contributed by atoms with E-state index in [1.54, 1.807) is 12.3 Å². The molecule has 0 bridgehead atoms. The van der Waals surface area contributed by atoms with Gasteiger partial charge >= 0.3 is 0 Å². The number of anilines is 2. The van der Waals surface area contributed by atoms with Crippen molar-refractivity contribution in [2.45, 2.75) is 0 Å². The Balaban J connectivity index is 2.30. The van der Waals surface area contributed by atoms with Crippen LogP contribution >= 0.6 is 27.3 Å². The number of fused-ring (bicyclic) bond motifs is 1. The monoisotopic (exact) mass is 320 g/mol. The highest BCUT2D eigenvalue weighted by Gasteiger charge is 2.10. The highest BCUT2D eigenvalue weighted by molar-refractivity contribution is 9.10. The zero-order valence-corrected chi connectivity index (χ0v) is 11.6. The molecule has 2 aromatic heterocycles. The topological polar surface area (TPSA) is 77.8 Å². The molecule has 3 rings (SSSR count). The van der Waals surface area contributed by atoms with Crippen molar-refractivity contribution in [3.63, 3.8) is 0 Å². The zero-order valence-electron chi connectivity index (χ0n) is 9.22. The molecule has 0 aliphatic carbocycles. The minimum Gasteiger partial charge on any atom is -0.384 e. The van der Waals surface area contributed by atoms with Gasteiger partial charge in [0.1, 0.15) is 5.82 Å². The number of halogens is 1. The summed E-state index contributed by atoms with van der Waals surface area (Å²) in [7, 11) is 0. The lowest BCUT2D eigenvalue weighted by Gasteiger charge is -2.04. The summed E-state index contributed by atoms with van der Waals surface area (Å²) in [6, 6.07) is 7.72. The number of hydrogen-bond acceptors (Lipinski definition) is 5. The van der Waals surface area contributed by atoms with E-state index >= 15 is 0 Å². The largest absolute Gasteiger partial charge is 0.384 e. The molecule has 2 heterocycles. The van der Waals surface area contributed by atoms with E-state index in [4.69, 9.17) is 11.5 Å². The third kappa shape index (κ3) is 1.93. The molecule has 18 heavy (non-hydrogen) atoms. The molecule has 0 aliphatic heterocycles. The number of hydrogen-bond donors (Lipinski definition) is 2. The molecule has 0 radical (unpaired) electrons. The molecule has 90 valence electrons. The Hall–Kier alpha value is -1.66. The van der Waals surface area contributed by atoms with E-state index in [2.05, 4.69) is 25.9 Å². The highest BCUT2D eigenvalue weighted by Crippen LogP contribution is 2.36. The molecule has 0 unspecified atom stereocenters. The van der Waals surface area contributed by atoms with Crippen LogP contribution in [0.25, 0.3) is 21.3 Å². The lowest BCUT2D eigenvalue weighted by molar-refractivity contribution is 1.34. The molecule has 0 fully saturated rings. The van der Waals surface area contributed by atoms with E-state index in [1.807, 2.05) is 18.2 Å². The molecule has 0 amide bonds. The molecule has 0 aliphatic rings. The van der Waals surface area contributed by atoms with Gasteiger partial charge in [-0.05, 0) is 24.3 Å². The Morgan fingerprint density at radius 2 is 2.00 bits per heavy atom. The fraction of sp³-hybridized carbons (Fsp3) is 0. The lowest BCUT2D eigenvalue weighted by Crippen LogP contribution is -1.89. The molecular weight excluding hydrogens is 312 g/mol. The van der Waals surface area contributed by atoms with Gasteiger partial charge in [-0.2, -0.15) is 0 Å². The second-order valence-electron chi connectivity index (χ2n) is 3.83. The van der Waals surface area contributed by atoms with Gasteiger partial charge in [0.2, 0.25) is 0 Å². The van der Waals surface area contributed by atoms with Crippen molar-refractivity contribution in [3.05, 3.63) is 34.9 Å². The fourth-order valence-electron chi connectivity index (χ4n) is 1.79. The van der Waals surface area contributed by atoms with E-state index in [1.165, 1.54) is 11.3 Å². The minimum absolute atomic E-state index is 0.508. The van der Waals surface area contributed by atoms with E-state index in [0.717, 1.165) is 25.8 Å². The summed E-state index contributed by atoms with van der Waals surface area (Å²) in [4.78, 5) is 8.41. The third-order valence-electron chi connectivity index (χ3n) is 2.57. The first-order valence-electron chi connectivity index (χ1n) is 5.21. The Kier molecular flexibility index (Phi) is 2.68. The maximum absolute atomic E-state index is 5.77. The third-order valence-corrected chi connectivity index (χ3v) is 3.96. The predicted molar refractivity (Wildman–Crippen MR) is 79.4 cm³/mol. The fourth-order valence-corrected chi connectivity index (χ4v) is 3.09. The number of pyridine rings is 1. The average Bonchev–Trinajstić information content (AvgIpc) is 2.69. The second kappa shape index (κ2) is 4.22. The van der Waals surface area contributed by atoms with Crippen molar-refractivity contribution in [1.82, 2.24) is 9.97 Å². The number of thiazole rings is 1. The normalized spacial score (nSPS) is 10.9. The van der Waals surface area contributed by atoms with Gasteiger partial charge in [0.05, 0.1) is 10.2 Å². The predicted octanol–water partition coefficient (Wildman–Crippen LogP) is 3.29. The molecule has 0 saturated carbocycles. The van der Waals surface area contributed by atoms with Gasteiger partial charge in [-0.15, -0.1) is 0 Å². The van der Waals surface area contributed by atoms with Gasteiger partial charge in [-0.25, -0.2) is 9.97 Å². The summed E-state index contributed by atoms with van der Waals surface area (Å²) in [5, 5.41) is 0.563. The minimum atomic E-state index is 0.508. The molecule has 1 aromatic carbocycles. The molecule has 0 atom stereocenters. The smallest absolute Gasteiger partial charge is 0.181 e. The molecule has 0 spiro atoms. The molecular formula is C12H9BrN4S. The first-order valence-corrected chi connectivity index (χ1v) is 6.82. The molecule has 4 nitrogen and oxygen atoms in total. The van der Waals surface area contributed by atoms with Gasteiger partial charge in [0.25, 0.3) is 0 Å². The van der Waals surface area contributed by atoms with E-state index < -0.39 is 0 Å². The highest BCUT2D eigenvalue weighted by atomic mass is 79.9. The first kappa shape index (κ1) is 11.4. The SMILES string of the molecule is Nc1ccc(-c2cc(Br)cc3nc(N)sc23)cn1. The Bertz CT molecular complexity index is 721. The van der Waals surface area contributed by atoms with Crippen LogP contribution in [0.5, 0.6) is 0 Å².